The lowest BCUT2D eigenvalue weighted by Gasteiger charge is -2.14. The first-order valence-electron chi connectivity index (χ1n) is 9.24. The second-order valence-electron chi connectivity index (χ2n) is 6.73. The number of nitrogens with one attached hydrogen (secondary N) is 2. The number of amides is 2. The quantitative estimate of drug-likeness (QED) is 0.721. The summed E-state index contributed by atoms with van der Waals surface area (Å²) in [5.41, 5.74) is 4.20. The fourth-order valence-corrected chi connectivity index (χ4v) is 2.72. The van der Waals surface area contributed by atoms with Crippen molar-refractivity contribution >= 4 is 23.5 Å². The summed E-state index contributed by atoms with van der Waals surface area (Å²) in [5, 5.41) is 5.21. The SMILES string of the molecule is CCc1ccc(NC(=O)C(C)OC(=O)CNC(=O)c2cc(C)cc(C)c2)cc1. The first-order chi connectivity index (χ1) is 13.3. The van der Waals surface area contributed by atoms with Gasteiger partial charge in [0.25, 0.3) is 11.8 Å². The van der Waals surface area contributed by atoms with Gasteiger partial charge in [0.15, 0.2) is 6.10 Å². The van der Waals surface area contributed by atoms with E-state index in [1.807, 2.05) is 39.0 Å². The lowest BCUT2D eigenvalue weighted by molar-refractivity contribution is -0.152. The number of anilines is 1. The number of rotatable bonds is 7. The minimum atomic E-state index is -0.975. The maximum Gasteiger partial charge on any atom is 0.326 e. The summed E-state index contributed by atoms with van der Waals surface area (Å²) < 4.78 is 5.10. The molecule has 0 saturated carbocycles. The zero-order valence-corrected chi connectivity index (χ0v) is 16.7. The van der Waals surface area contributed by atoms with E-state index >= 15 is 0 Å². The van der Waals surface area contributed by atoms with Crippen molar-refractivity contribution in [1.29, 1.82) is 0 Å². The Labute approximate surface area is 165 Å². The molecule has 28 heavy (non-hydrogen) atoms. The Bertz CT molecular complexity index is 839. The van der Waals surface area contributed by atoms with Gasteiger partial charge in [0, 0.05) is 11.3 Å². The highest BCUT2D eigenvalue weighted by Gasteiger charge is 2.18. The van der Waals surface area contributed by atoms with Gasteiger partial charge in [-0.3, -0.25) is 14.4 Å². The zero-order chi connectivity index (χ0) is 20.7. The third kappa shape index (κ3) is 6.23. The molecule has 0 fully saturated rings. The molecular formula is C22H26N2O4. The Morgan fingerprint density at radius 3 is 2.18 bits per heavy atom. The number of esters is 1. The smallest absolute Gasteiger partial charge is 0.326 e. The molecule has 2 aromatic carbocycles. The highest BCUT2D eigenvalue weighted by atomic mass is 16.5. The lowest BCUT2D eigenvalue weighted by atomic mass is 10.1. The molecule has 1 unspecified atom stereocenters. The number of hydrogen-bond acceptors (Lipinski definition) is 4. The summed E-state index contributed by atoms with van der Waals surface area (Å²) in [5.74, 6) is -1.48. The monoisotopic (exact) mass is 382 g/mol. The molecule has 6 nitrogen and oxygen atoms in total. The minimum Gasteiger partial charge on any atom is -0.451 e. The summed E-state index contributed by atoms with van der Waals surface area (Å²) >= 11 is 0. The predicted molar refractivity (Wildman–Crippen MR) is 108 cm³/mol. The van der Waals surface area contributed by atoms with Crippen LogP contribution >= 0.6 is 0 Å². The van der Waals surface area contributed by atoms with E-state index in [2.05, 4.69) is 10.6 Å². The van der Waals surface area contributed by atoms with Crippen LogP contribution in [0.15, 0.2) is 42.5 Å². The molecule has 0 aliphatic rings. The largest absolute Gasteiger partial charge is 0.451 e. The number of carbonyl (C=O) groups excluding carboxylic acids is 3. The fraction of sp³-hybridized carbons (Fsp3) is 0.318. The fourth-order valence-electron chi connectivity index (χ4n) is 2.72. The average Bonchev–Trinajstić information content (AvgIpc) is 2.65. The van der Waals surface area contributed by atoms with Gasteiger partial charge in [-0.1, -0.05) is 36.2 Å². The molecule has 6 heteroatoms. The normalized spacial score (nSPS) is 11.4. The van der Waals surface area contributed by atoms with Gasteiger partial charge >= 0.3 is 5.97 Å². The number of benzene rings is 2. The van der Waals surface area contributed by atoms with Crippen LogP contribution in [0.3, 0.4) is 0 Å². The molecule has 2 N–H and O–H groups in total. The summed E-state index contributed by atoms with van der Waals surface area (Å²) in [6.07, 6.45) is -0.0627. The van der Waals surface area contributed by atoms with Crippen molar-refractivity contribution in [3.63, 3.8) is 0 Å². The maximum absolute atomic E-state index is 12.2. The van der Waals surface area contributed by atoms with Crippen LogP contribution < -0.4 is 10.6 Å². The third-order valence-corrected chi connectivity index (χ3v) is 4.18. The Morgan fingerprint density at radius 2 is 1.61 bits per heavy atom. The van der Waals surface area contributed by atoms with Crippen molar-refractivity contribution in [2.45, 2.75) is 40.2 Å². The molecule has 0 heterocycles. The lowest BCUT2D eigenvalue weighted by Crippen LogP contribution is -2.35. The van der Waals surface area contributed by atoms with Gasteiger partial charge in [-0.25, -0.2) is 0 Å². The van der Waals surface area contributed by atoms with E-state index in [0.29, 0.717) is 11.3 Å². The number of ether oxygens (including phenoxy) is 1. The molecule has 2 aromatic rings. The van der Waals surface area contributed by atoms with E-state index in [1.165, 1.54) is 6.92 Å². The van der Waals surface area contributed by atoms with E-state index in [9.17, 15) is 14.4 Å². The first kappa shape index (κ1) is 21.2. The van der Waals surface area contributed by atoms with Gasteiger partial charge in [-0.2, -0.15) is 0 Å². The number of aryl methyl sites for hydroxylation is 3. The maximum atomic E-state index is 12.2. The highest BCUT2D eigenvalue weighted by Crippen LogP contribution is 2.11. The van der Waals surface area contributed by atoms with Crippen molar-refractivity contribution in [3.05, 3.63) is 64.7 Å². The van der Waals surface area contributed by atoms with Gasteiger partial charge in [-0.15, -0.1) is 0 Å². The molecular weight excluding hydrogens is 356 g/mol. The summed E-state index contributed by atoms with van der Waals surface area (Å²) in [4.78, 5) is 36.3. The van der Waals surface area contributed by atoms with Crippen molar-refractivity contribution < 1.29 is 19.1 Å². The molecule has 0 aliphatic carbocycles. The van der Waals surface area contributed by atoms with E-state index in [4.69, 9.17) is 4.74 Å². The van der Waals surface area contributed by atoms with Crippen LogP contribution in [0.1, 0.15) is 40.9 Å². The second kappa shape index (κ2) is 9.69. The molecule has 0 bridgehead atoms. The standard InChI is InChI=1S/C22H26N2O4/c1-5-17-6-8-19(9-7-17)24-21(26)16(4)28-20(25)13-23-22(27)18-11-14(2)10-15(3)12-18/h6-12,16H,5,13H2,1-4H3,(H,23,27)(H,24,26). The molecule has 148 valence electrons. The Hall–Kier alpha value is -3.15. The van der Waals surface area contributed by atoms with E-state index in [1.54, 1.807) is 24.3 Å². The Morgan fingerprint density at radius 1 is 1.00 bits per heavy atom. The second-order valence-corrected chi connectivity index (χ2v) is 6.73. The van der Waals surface area contributed by atoms with E-state index in [0.717, 1.165) is 23.1 Å². The molecule has 0 aliphatic heterocycles. The van der Waals surface area contributed by atoms with Crippen molar-refractivity contribution in [2.75, 3.05) is 11.9 Å². The van der Waals surface area contributed by atoms with Crippen LogP contribution in [0, 0.1) is 13.8 Å². The molecule has 2 rings (SSSR count). The number of carbonyl (C=O) groups is 3. The topological polar surface area (TPSA) is 84.5 Å². The van der Waals surface area contributed by atoms with Gasteiger partial charge in [0.1, 0.15) is 6.54 Å². The van der Waals surface area contributed by atoms with Gasteiger partial charge in [0.05, 0.1) is 0 Å². The van der Waals surface area contributed by atoms with E-state index in [-0.39, 0.29) is 12.5 Å². The minimum absolute atomic E-state index is 0.311. The van der Waals surface area contributed by atoms with Gasteiger partial charge in [-0.05, 0) is 57.0 Å². The van der Waals surface area contributed by atoms with Crippen LogP contribution in [0.2, 0.25) is 0 Å². The van der Waals surface area contributed by atoms with Gasteiger partial charge in [0.2, 0.25) is 0 Å². The summed E-state index contributed by atoms with van der Waals surface area (Å²) in [6, 6.07) is 12.9. The predicted octanol–water partition coefficient (Wildman–Crippen LogP) is 3.17. The average molecular weight is 382 g/mol. The Kier molecular flexibility index (Phi) is 7.32. The zero-order valence-electron chi connectivity index (χ0n) is 16.7. The van der Waals surface area contributed by atoms with Crippen LogP contribution in [0.5, 0.6) is 0 Å². The molecule has 1 atom stereocenters. The van der Waals surface area contributed by atoms with Gasteiger partial charge < -0.3 is 15.4 Å². The molecule has 0 spiro atoms. The van der Waals surface area contributed by atoms with Crippen molar-refractivity contribution in [3.8, 4) is 0 Å². The van der Waals surface area contributed by atoms with Crippen molar-refractivity contribution in [2.24, 2.45) is 0 Å². The highest BCUT2D eigenvalue weighted by molar-refractivity contribution is 5.97. The number of hydrogen-bond donors (Lipinski definition) is 2. The van der Waals surface area contributed by atoms with Crippen LogP contribution in [-0.2, 0) is 20.7 Å². The Balaban J connectivity index is 1.82. The van der Waals surface area contributed by atoms with Crippen LogP contribution in [-0.4, -0.2) is 30.4 Å². The molecule has 2 amide bonds. The molecule has 0 saturated heterocycles. The van der Waals surface area contributed by atoms with Crippen LogP contribution in [0.25, 0.3) is 0 Å². The third-order valence-electron chi connectivity index (χ3n) is 4.18. The summed E-state index contributed by atoms with van der Waals surface area (Å²) in [6.45, 7) is 7.02. The van der Waals surface area contributed by atoms with Crippen molar-refractivity contribution in [1.82, 2.24) is 5.32 Å². The van der Waals surface area contributed by atoms with Crippen LogP contribution in [0.4, 0.5) is 5.69 Å². The van der Waals surface area contributed by atoms with E-state index < -0.39 is 18.0 Å². The molecule has 0 aromatic heterocycles. The molecule has 0 radical (unpaired) electrons. The summed E-state index contributed by atoms with van der Waals surface area (Å²) in [7, 11) is 0. The first-order valence-corrected chi connectivity index (χ1v) is 9.24.